The molecule has 0 saturated heterocycles. The number of ether oxygens (including phenoxy) is 4. The minimum atomic E-state index is -4.61. The fraction of sp³-hybridized carbons (Fsp3) is 0.950. The minimum Gasteiger partial charge on any atom is -0.756 e. The molecule has 0 aromatic heterocycles. The summed E-state index contributed by atoms with van der Waals surface area (Å²) < 4.78 is 67.6. The third-order valence-electron chi connectivity index (χ3n) is 18.3. The number of phosphoric acid groups is 2. The maximum atomic E-state index is 12.6. The molecule has 0 saturated carbocycles. The molecule has 0 amide bonds. The van der Waals surface area contributed by atoms with E-state index in [0.717, 1.165) is 64.2 Å². The Kier molecular flexibility index (Phi) is 71.3. The molecule has 0 spiro atoms. The van der Waals surface area contributed by atoms with Crippen LogP contribution in [0.2, 0.25) is 0 Å². The van der Waals surface area contributed by atoms with E-state index >= 15 is 0 Å². The number of esters is 4. The van der Waals surface area contributed by atoms with E-state index in [-0.39, 0.29) is 64.0 Å². The van der Waals surface area contributed by atoms with Gasteiger partial charge in [0.2, 0.25) is 0 Å². The van der Waals surface area contributed by atoms with Crippen LogP contribution in [0, 0.1) is 0 Å². The largest absolute Gasteiger partial charge is 0.756 e. The Labute approximate surface area is 615 Å². The molecule has 0 rings (SSSR count). The normalized spacial score (nSPS) is 13.6. The summed E-state index contributed by atoms with van der Waals surface area (Å²) in [6.07, 6.45) is 62.4. The van der Waals surface area contributed by atoms with E-state index in [2.05, 4.69) is 27.7 Å². The first-order chi connectivity index (χ1) is 48.0. The molecule has 3 unspecified atom stereocenters. The zero-order chi connectivity index (χ0) is 74.4. The molecule has 0 aromatic carbocycles. The van der Waals surface area contributed by atoms with Crippen molar-refractivity contribution in [1.29, 1.82) is 0 Å². The quantitative estimate of drug-likeness (QED) is 0.0181. The van der Waals surface area contributed by atoms with Gasteiger partial charge in [-0.05, 0) is 25.7 Å². The van der Waals surface area contributed by atoms with Crippen LogP contribution in [-0.2, 0) is 65.4 Å². The van der Waals surface area contributed by atoms with Crippen molar-refractivity contribution >= 4 is 39.5 Å². The van der Waals surface area contributed by atoms with Crippen molar-refractivity contribution in [3.63, 3.8) is 0 Å². The van der Waals surface area contributed by atoms with Crippen molar-refractivity contribution in [3.8, 4) is 0 Å². The zero-order valence-electron chi connectivity index (χ0n) is 66.7. The van der Waals surface area contributed by atoms with Crippen molar-refractivity contribution in [2.75, 3.05) is 95.0 Å². The van der Waals surface area contributed by atoms with Crippen LogP contribution >= 0.6 is 15.6 Å². The van der Waals surface area contributed by atoms with Crippen molar-refractivity contribution in [1.82, 2.24) is 0 Å². The Bertz CT molecular complexity index is 1800. The second kappa shape index (κ2) is 71.3. The van der Waals surface area contributed by atoms with E-state index in [1.165, 1.54) is 257 Å². The van der Waals surface area contributed by atoms with Crippen LogP contribution < -0.4 is 9.79 Å². The Morgan fingerprint density at radius 3 is 0.640 bits per heavy atom. The van der Waals surface area contributed by atoms with Gasteiger partial charge in [0.05, 0.1) is 55.5 Å². The van der Waals surface area contributed by atoms with Crippen molar-refractivity contribution in [2.45, 2.75) is 399 Å². The van der Waals surface area contributed by atoms with Crippen molar-refractivity contribution in [3.05, 3.63) is 0 Å². The van der Waals surface area contributed by atoms with Crippen LogP contribution in [0.15, 0.2) is 0 Å². The molecule has 20 heteroatoms. The van der Waals surface area contributed by atoms with E-state index < -0.39 is 53.0 Å². The van der Waals surface area contributed by atoms with Crippen LogP contribution in [0.3, 0.4) is 0 Å². The molecule has 0 radical (unpaired) electrons. The van der Waals surface area contributed by atoms with Gasteiger partial charge < -0.3 is 55.8 Å². The Balaban J connectivity index is 0. The number of carbonyl (C=O) groups is 4. The molecule has 596 valence electrons. The highest BCUT2D eigenvalue weighted by molar-refractivity contribution is 7.46. The smallest absolute Gasteiger partial charge is 0.306 e. The van der Waals surface area contributed by atoms with E-state index in [4.69, 9.17) is 37.0 Å². The molecule has 100 heavy (non-hydrogen) atoms. The molecule has 0 heterocycles. The molecule has 0 N–H and O–H groups in total. The lowest BCUT2D eigenvalue weighted by Crippen LogP contribution is -2.37. The number of quaternary nitrogens is 2. The second-order valence-corrected chi connectivity index (χ2v) is 33.6. The number of rotatable bonds is 76. The van der Waals surface area contributed by atoms with Gasteiger partial charge >= 0.3 is 23.9 Å². The van der Waals surface area contributed by atoms with Crippen LogP contribution in [0.1, 0.15) is 387 Å². The molecule has 0 bridgehead atoms. The molecule has 0 aliphatic heterocycles. The lowest BCUT2D eigenvalue weighted by atomic mass is 10.0. The van der Waals surface area contributed by atoms with Gasteiger partial charge in [-0.25, -0.2) is 0 Å². The van der Waals surface area contributed by atoms with Gasteiger partial charge in [-0.1, -0.05) is 336 Å². The number of unbranched alkanes of at least 4 members (excludes halogenated alkanes) is 48. The van der Waals surface area contributed by atoms with Crippen LogP contribution in [0.5, 0.6) is 0 Å². The Morgan fingerprint density at radius 1 is 0.270 bits per heavy atom. The summed E-state index contributed by atoms with van der Waals surface area (Å²) in [5.74, 6) is -1.65. The van der Waals surface area contributed by atoms with Crippen LogP contribution in [-0.4, -0.2) is 140 Å². The summed E-state index contributed by atoms with van der Waals surface area (Å²) in [4.78, 5) is 74.8. The number of phosphoric ester groups is 2. The molecule has 0 aromatic rings. The number of carbonyl (C=O) groups excluding carboxylic acids is 4. The van der Waals surface area contributed by atoms with Gasteiger partial charge in [0.15, 0.2) is 12.2 Å². The van der Waals surface area contributed by atoms with E-state index in [0.29, 0.717) is 34.9 Å². The summed E-state index contributed by atoms with van der Waals surface area (Å²) in [6.45, 7) is 8.48. The molecule has 0 aliphatic carbocycles. The fourth-order valence-electron chi connectivity index (χ4n) is 11.7. The highest BCUT2D eigenvalue weighted by Gasteiger charge is 2.24. The summed E-state index contributed by atoms with van der Waals surface area (Å²) in [6, 6.07) is 0. The molecular formula is C80H160N2O16P2. The highest BCUT2D eigenvalue weighted by Crippen LogP contribution is 2.39. The fourth-order valence-corrected chi connectivity index (χ4v) is 13.1. The number of nitrogens with zero attached hydrogens (tertiary/aromatic N) is 2. The third-order valence-corrected chi connectivity index (χ3v) is 20.2. The predicted octanol–water partition coefficient (Wildman–Crippen LogP) is 21.2. The molecule has 0 fully saturated rings. The minimum absolute atomic E-state index is 0.0259. The average molecular weight is 1470 g/mol. The lowest BCUT2D eigenvalue weighted by Gasteiger charge is -2.28. The van der Waals surface area contributed by atoms with Gasteiger partial charge in [0, 0.05) is 25.7 Å². The third kappa shape index (κ3) is 80.1. The van der Waals surface area contributed by atoms with Gasteiger partial charge in [-0.2, -0.15) is 0 Å². The van der Waals surface area contributed by atoms with E-state index in [1.54, 1.807) is 0 Å². The van der Waals surface area contributed by atoms with Gasteiger partial charge in [-0.3, -0.25) is 28.3 Å². The Hall–Kier alpha value is -1.98. The van der Waals surface area contributed by atoms with Crippen LogP contribution in [0.25, 0.3) is 0 Å². The topological polar surface area (TPSA) is 222 Å². The standard InChI is InChI=1S/2C40H80NO8P/c2*1-6-8-10-12-14-16-18-20-22-24-26-28-30-32-39(42)46-36-38(37-48-50(44,45)47-35-34-41(3,4)5)49-40(43)33-31-29-27-25-23-21-19-17-15-13-11-9-7-2/h2*38H,6-37H2,1-5H3/t38-;/m1./s1. The number of likely N-dealkylation sites (N-methyl/N-ethyl adjacent to an activating group) is 2. The van der Waals surface area contributed by atoms with Gasteiger partial charge in [-0.15, -0.1) is 0 Å². The monoisotopic (exact) mass is 1470 g/mol. The second-order valence-electron chi connectivity index (χ2n) is 30.7. The summed E-state index contributed by atoms with van der Waals surface area (Å²) in [7, 11) is 2.36. The molecule has 4 atom stereocenters. The maximum Gasteiger partial charge on any atom is 0.306 e. The first-order valence-corrected chi connectivity index (χ1v) is 44.4. The van der Waals surface area contributed by atoms with Crippen molar-refractivity contribution in [2.24, 2.45) is 0 Å². The summed E-state index contributed by atoms with van der Waals surface area (Å²) in [5.41, 5.74) is 0. The summed E-state index contributed by atoms with van der Waals surface area (Å²) in [5, 5.41) is 0. The Morgan fingerprint density at radius 2 is 0.450 bits per heavy atom. The predicted molar refractivity (Wildman–Crippen MR) is 408 cm³/mol. The number of hydrogen-bond acceptors (Lipinski definition) is 16. The molecule has 0 aliphatic rings. The first kappa shape index (κ1) is 100. The SMILES string of the molecule is CCCCCCCCCCCCCCCC(=O)OCC(COP(=O)([O-])OCC[N+](C)(C)C)OC(=O)CCCCCCCCCCCCCCC.CCCCCCCCCCCCCCCC(=O)OC[C@H](COP(=O)([O-])OCC[N+](C)(C)C)OC(=O)CCCCCCCCCCCCCCC. The van der Waals surface area contributed by atoms with Gasteiger partial charge in [0.1, 0.15) is 39.5 Å². The van der Waals surface area contributed by atoms with E-state index in [1.807, 2.05) is 42.3 Å². The summed E-state index contributed by atoms with van der Waals surface area (Å²) >= 11 is 0. The van der Waals surface area contributed by atoms with Gasteiger partial charge in [0.25, 0.3) is 15.6 Å². The highest BCUT2D eigenvalue weighted by atomic mass is 31.2. The average Bonchev–Trinajstić information content (AvgIpc) is 1.05. The van der Waals surface area contributed by atoms with E-state index in [9.17, 15) is 38.1 Å². The first-order valence-electron chi connectivity index (χ1n) is 41.5. The van der Waals surface area contributed by atoms with Crippen LogP contribution in [0.4, 0.5) is 0 Å². The van der Waals surface area contributed by atoms with Crippen molar-refractivity contribution < 1.29 is 84.1 Å². The molecule has 18 nitrogen and oxygen atoms in total. The lowest BCUT2D eigenvalue weighted by molar-refractivity contribution is -0.870. The molecular weight excluding hydrogens is 1310 g/mol. The number of hydrogen-bond donors (Lipinski definition) is 0. The zero-order valence-corrected chi connectivity index (χ0v) is 68.5. The maximum absolute atomic E-state index is 12.6.